The molecular formula is C10H19N3O. The summed E-state index contributed by atoms with van der Waals surface area (Å²) in [6.45, 7) is 5.53. The van der Waals surface area contributed by atoms with Gasteiger partial charge < -0.3 is 10.6 Å². The summed E-state index contributed by atoms with van der Waals surface area (Å²) in [4.78, 5) is 7.29. The summed E-state index contributed by atoms with van der Waals surface area (Å²) >= 11 is 0. The summed E-state index contributed by atoms with van der Waals surface area (Å²) in [5.74, 6) is 0.580. The van der Waals surface area contributed by atoms with Crippen LogP contribution in [0, 0.1) is 5.92 Å². The molecule has 2 bridgehead atoms. The van der Waals surface area contributed by atoms with Gasteiger partial charge in [0.15, 0.2) is 0 Å². The summed E-state index contributed by atoms with van der Waals surface area (Å²) in [5, 5.41) is 4.08. The van der Waals surface area contributed by atoms with Gasteiger partial charge in [0, 0.05) is 18.6 Å². The first-order valence-electron chi connectivity index (χ1n) is 5.26. The van der Waals surface area contributed by atoms with Gasteiger partial charge in [-0.2, -0.15) is 0 Å². The number of piperidine rings is 1. The lowest BCUT2D eigenvalue weighted by Crippen LogP contribution is -2.46. The van der Waals surface area contributed by atoms with Crippen LogP contribution in [0.2, 0.25) is 0 Å². The minimum atomic E-state index is 0.256. The second-order valence-corrected chi connectivity index (χ2v) is 4.54. The normalized spacial score (nSPS) is 40.1. The molecule has 3 unspecified atom stereocenters. The van der Waals surface area contributed by atoms with Crippen LogP contribution in [-0.4, -0.2) is 42.4 Å². The maximum atomic E-state index is 6.16. The average Bonchev–Trinajstić information content (AvgIpc) is 2.59. The van der Waals surface area contributed by atoms with Gasteiger partial charge in [0.1, 0.15) is 7.11 Å². The van der Waals surface area contributed by atoms with Crippen molar-refractivity contribution in [1.82, 2.24) is 4.90 Å². The highest BCUT2D eigenvalue weighted by molar-refractivity contribution is 5.93. The number of rotatable bonds is 2. The summed E-state index contributed by atoms with van der Waals surface area (Å²) in [6, 6.07) is 1.12. The first-order valence-corrected chi connectivity index (χ1v) is 5.26. The molecule has 0 aromatic carbocycles. The summed E-state index contributed by atoms with van der Waals surface area (Å²) < 4.78 is 0. The molecule has 1 aliphatic carbocycles. The third-order valence-corrected chi connectivity index (χ3v) is 3.40. The van der Waals surface area contributed by atoms with E-state index < -0.39 is 0 Å². The number of hydrogen-bond donors (Lipinski definition) is 1. The van der Waals surface area contributed by atoms with Crippen molar-refractivity contribution >= 4 is 5.71 Å². The summed E-state index contributed by atoms with van der Waals surface area (Å²) in [5.41, 5.74) is 7.28. The van der Waals surface area contributed by atoms with Crippen LogP contribution in [0.1, 0.15) is 20.3 Å². The lowest BCUT2D eigenvalue weighted by Gasteiger charge is -2.31. The van der Waals surface area contributed by atoms with Crippen molar-refractivity contribution in [3.8, 4) is 0 Å². The minimum absolute atomic E-state index is 0.256. The molecule has 2 fully saturated rings. The molecule has 0 radical (unpaired) electrons. The van der Waals surface area contributed by atoms with Crippen LogP contribution in [0.15, 0.2) is 5.16 Å². The van der Waals surface area contributed by atoms with Crippen molar-refractivity contribution in [1.29, 1.82) is 0 Å². The van der Waals surface area contributed by atoms with Crippen molar-refractivity contribution in [2.75, 3.05) is 13.7 Å². The molecule has 2 N–H and O–H groups in total. The lowest BCUT2D eigenvalue weighted by molar-refractivity contribution is 0.191. The fraction of sp³-hybridized carbons (Fsp3) is 0.900. The topological polar surface area (TPSA) is 50.8 Å². The molecule has 3 atom stereocenters. The molecule has 0 spiro atoms. The van der Waals surface area contributed by atoms with Gasteiger partial charge in [-0.25, -0.2) is 0 Å². The Morgan fingerprint density at radius 3 is 2.79 bits per heavy atom. The Hall–Kier alpha value is -0.610. The van der Waals surface area contributed by atoms with E-state index in [0.717, 1.165) is 18.7 Å². The zero-order chi connectivity index (χ0) is 10.3. The molecule has 14 heavy (non-hydrogen) atoms. The van der Waals surface area contributed by atoms with Crippen LogP contribution in [0.3, 0.4) is 0 Å². The highest BCUT2D eigenvalue weighted by Gasteiger charge is 2.50. The molecule has 1 aliphatic heterocycles. The molecule has 0 aromatic rings. The zero-order valence-corrected chi connectivity index (χ0v) is 9.10. The Morgan fingerprint density at radius 1 is 1.57 bits per heavy atom. The Morgan fingerprint density at radius 2 is 2.29 bits per heavy atom. The Labute approximate surface area is 85.1 Å². The fourth-order valence-corrected chi connectivity index (χ4v) is 2.73. The quantitative estimate of drug-likeness (QED) is 0.653. The first kappa shape index (κ1) is 9.93. The monoisotopic (exact) mass is 197 g/mol. The van der Waals surface area contributed by atoms with E-state index in [4.69, 9.17) is 10.6 Å². The smallest absolute Gasteiger partial charge is 0.106 e. The Balaban J connectivity index is 2.19. The molecule has 1 saturated heterocycles. The van der Waals surface area contributed by atoms with E-state index >= 15 is 0 Å². The number of oxime groups is 1. The van der Waals surface area contributed by atoms with Gasteiger partial charge in [0.05, 0.1) is 11.8 Å². The third kappa shape index (κ3) is 1.33. The largest absolute Gasteiger partial charge is 0.399 e. The van der Waals surface area contributed by atoms with E-state index in [1.54, 1.807) is 7.11 Å². The van der Waals surface area contributed by atoms with Crippen molar-refractivity contribution in [3.63, 3.8) is 0 Å². The van der Waals surface area contributed by atoms with Crippen molar-refractivity contribution in [3.05, 3.63) is 0 Å². The van der Waals surface area contributed by atoms with E-state index in [1.807, 2.05) is 0 Å². The van der Waals surface area contributed by atoms with Gasteiger partial charge in [-0.05, 0) is 26.2 Å². The van der Waals surface area contributed by atoms with E-state index in [2.05, 4.69) is 23.9 Å². The van der Waals surface area contributed by atoms with Crippen molar-refractivity contribution in [2.24, 2.45) is 16.8 Å². The second kappa shape index (κ2) is 3.51. The van der Waals surface area contributed by atoms with Crippen LogP contribution in [-0.2, 0) is 4.84 Å². The second-order valence-electron chi connectivity index (χ2n) is 4.54. The van der Waals surface area contributed by atoms with E-state index in [9.17, 15) is 0 Å². The zero-order valence-electron chi connectivity index (χ0n) is 9.10. The van der Waals surface area contributed by atoms with Gasteiger partial charge in [-0.1, -0.05) is 5.16 Å². The molecule has 2 aliphatic rings. The van der Waals surface area contributed by atoms with E-state index in [-0.39, 0.29) is 6.04 Å². The van der Waals surface area contributed by atoms with Gasteiger partial charge >= 0.3 is 0 Å². The fourth-order valence-electron chi connectivity index (χ4n) is 2.73. The molecule has 1 heterocycles. The Kier molecular flexibility index (Phi) is 2.49. The SMILES string of the molecule is CO/N=C1\CC2CN(C(C)C)C1C2N. The third-order valence-electron chi connectivity index (χ3n) is 3.40. The first-order chi connectivity index (χ1) is 6.65. The number of likely N-dealkylation sites (tertiary alicyclic amines) is 1. The maximum absolute atomic E-state index is 6.16. The van der Waals surface area contributed by atoms with E-state index in [0.29, 0.717) is 18.0 Å². The highest BCUT2D eigenvalue weighted by atomic mass is 16.6. The van der Waals surface area contributed by atoms with Crippen molar-refractivity contribution in [2.45, 2.75) is 38.4 Å². The van der Waals surface area contributed by atoms with Crippen LogP contribution in [0.25, 0.3) is 0 Å². The van der Waals surface area contributed by atoms with E-state index in [1.165, 1.54) is 0 Å². The number of nitrogens with zero attached hydrogens (tertiary/aromatic N) is 2. The lowest BCUT2D eigenvalue weighted by atomic mass is 10.1. The number of hydrogen-bond acceptors (Lipinski definition) is 4. The van der Waals surface area contributed by atoms with Gasteiger partial charge in [0.25, 0.3) is 0 Å². The molecule has 4 nitrogen and oxygen atoms in total. The molecule has 1 saturated carbocycles. The van der Waals surface area contributed by atoms with Crippen LogP contribution >= 0.6 is 0 Å². The molecule has 0 amide bonds. The maximum Gasteiger partial charge on any atom is 0.106 e. The minimum Gasteiger partial charge on any atom is -0.399 e. The Bertz CT molecular complexity index is 252. The molecule has 0 aromatic heterocycles. The molecule has 2 rings (SSSR count). The molecular weight excluding hydrogens is 178 g/mol. The standard InChI is InChI=1S/C10H19N3O/c1-6(2)13-5-7-4-8(12-14-3)10(13)9(7)11/h6-7,9-10H,4-5,11H2,1-3H3/b12-8+. The van der Waals surface area contributed by atoms with Crippen LogP contribution < -0.4 is 5.73 Å². The molecule has 4 heteroatoms. The van der Waals surface area contributed by atoms with Crippen LogP contribution in [0.5, 0.6) is 0 Å². The number of nitrogens with two attached hydrogens (primary N) is 1. The van der Waals surface area contributed by atoms with Crippen molar-refractivity contribution < 1.29 is 4.84 Å². The highest BCUT2D eigenvalue weighted by Crippen LogP contribution is 2.36. The predicted molar refractivity (Wildman–Crippen MR) is 56.2 cm³/mol. The van der Waals surface area contributed by atoms with Gasteiger partial charge in [0.2, 0.25) is 0 Å². The summed E-state index contributed by atoms with van der Waals surface area (Å²) in [7, 11) is 1.60. The van der Waals surface area contributed by atoms with Gasteiger partial charge in [-0.15, -0.1) is 0 Å². The van der Waals surface area contributed by atoms with Crippen LogP contribution in [0.4, 0.5) is 0 Å². The number of fused-ring (bicyclic) bond motifs is 2. The van der Waals surface area contributed by atoms with Gasteiger partial charge in [-0.3, -0.25) is 4.90 Å². The average molecular weight is 197 g/mol. The summed E-state index contributed by atoms with van der Waals surface area (Å²) in [6.07, 6.45) is 1.02. The molecule has 80 valence electrons. The predicted octanol–water partition coefficient (Wildman–Crippen LogP) is 0.429.